The number of pyridine rings is 2. The Morgan fingerprint density at radius 3 is 1.91 bits per heavy atom. The second kappa shape index (κ2) is 7.80. The van der Waals surface area contributed by atoms with Gasteiger partial charge in [-0.05, 0) is 36.4 Å². The van der Waals surface area contributed by atoms with Gasteiger partial charge in [-0.1, -0.05) is 60.7 Å². The molecule has 0 aliphatic rings. The summed E-state index contributed by atoms with van der Waals surface area (Å²) < 4.78 is 8.17. The van der Waals surface area contributed by atoms with Crippen molar-refractivity contribution in [3.63, 3.8) is 0 Å². The van der Waals surface area contributed by atoms with E-state index in [0.717, 1.165) is 16.9 Å². The van der Waals surface area contributed by atoms with Crippen molar-refractivity contribution >= 4 is 21.8 Å². The van der Waals surface area contributed by atoms with Crippen molar-refractivity contribution in [3.8, 4) is 34.6 Å². The van der Waals surface area contributed by atoms with Crippen molar-refractivity contribution in [1.82, 2.24) is 14.5 Å². The highest BCUT2D eigenvalue weighted by molar-refractivity contribution is 6.09. The summed E-state index contributed by atoms with van der Waals surface area (Å²) in [7, 11) is 0. The minimum Gasteiger partial charge on any atom is -0.507 e. The molecule has 0 aliphatic heterocycles. The average Bonchev–Trinajstić information content (AvgIpc) is 3.19. The van der Waals surface area contributed by atoms with Gasteiger partial charge in [0, 0.05) is 28.5 Å². The van der Waals surface area contributed by atoms with Crippen molar-refractivity contribution in [2.24, 2.45) is 0 Å². The molecule has 3 aromatic heterocycles. The van der Waals surface area contributed by atoms with E-state index in [0.29, 0.717) is 23.0 Å². The molecule has 0 fully saturated rings. The first kappa shape index (κ1) is 19.1. The predicted molar refractivity (Wildman–Crippen MR) is 130 cm³/mol. The summed E-state index contributed by atoms with van der Waals surface area (Å²) in [6, 6.07) is 34.9. The van der Waals surface area contributed by atoms with Gasteiger partial charge in [0.25, 0.3) is 0 Å². The Kier molecular flexibility index (Phi) is 4.51. The minimum atomic E-state index is 0.175. The predicted octanol–water partition coefficient (Wildman–Crippen LogP) is 6.74. The summed E-state index contributed by atoms with van der Waals surface area (Å²) in [4.78, 5) is 9.34. The zero-order valence-electron chi connectivity index (χ0n) is 17.6. The van der Waals surface area contributed by atoms with E-state index in [1.165, 1.54) is 10.8 Å². The zero-order chi connectivity index (χ0) is 22.2. The fourth-order valence-electron chi connectivity index (χ4n) is 4.17. The standard InChI is InChI=1S/C28H19N3O2/c32-25-15-6-3-11-21(25)22-12-7-17-27(29-22)33-28-18-8-16-26(30-28)31-23-13-4-1-9-19(23)20-10-2-5-14-24(20)31/h1-18,32H. The van der Waals surface area contributed by atoms with Crippen molar-refractivity contribution in [3.05, 3.63) is 109 Å². The summed E-state index contributed by atoms with van der Waals surface area (Å²) in [5, 5.41) is 12.5. The van der Waals surface area contributed by atoms with Crippen LogP contribution in [-0.4, -0.2) is 19.6 Å². The maximum absolute atomic E-state index is 10.2. The van der Waals surface area contributed by atoms with Gasteiger partial charge in [0.2, 0.25) is 11.8 Å². The Labute approximate surface area is 190 Å². The molecule has 1 N–H and O–H groups in total. The number of aromatic hydroxyl groups is 1. The van der Waals surface area contributed by atoms with Gasteiger partial charge in [0.05, 0.1) is 16.7 Å². The van der Waals surface area contributed by atoms with Crippen molar-refractivity contribution in [1.29, 1.82) is 0 Å². The Morgan fingerprint density at radius 1 is 0.576 bits per heavy atom. The van der Waals surface area contributed by atoms with E-state index in [-0.39, 0.29) is 5.75 Å². The largest absolute Gasteiger partial charge is 0.507 e. The molecular weight excluding hydrogens is 410 g/mol. The summed E-state index contributed by atoms with van der Waals surface area (Å²) in [5.74, 6) is 1.79. The molecule has 3 heterocycles. The van der Waals surface area contributed by atoms with Gasteiger partial charge in [0.1, 0.15) is 11.6 Å². The van der Waals surface area contributed by atoms with Crippen LogP contribution in [0, 0.1) is 0 Å². The Hall–Kier alpha value is -4.64. The molecule has 0 amide bonds. The van der Waals surface area contributed by atoms with E-state index in [9.17, 15) is 5.11 Å². The fraction of sp³-hybridized carbons (Fsp3) is 0. The van der Waals surface area contributed by atoms with Crippen molar-refractivity contribution in [2.75, 3.05) is 0 Å². The SMILES string of the molecule is Oc1ccccc1-c1cccc(Oc2cccc(-n3c4ccccc4c4ccccc43)n2)n1. The van der Waals surface area contributed by atoms with E-state index >= 15 is 0 Å². The van der Waals surface area contributed by atoms with Crippen LogP contribution < -0.4 is 4.74 Å². The highest BCUT2D eigenvalue weighted by Gasteiger charge is 2.13. The lowest BCUT2D eigenvalue weighted by atomic mass is 10.1. The Bertz CT molecular complexity index is 1570. The number of hydrogen-bond donors (Lipinski definition) is 1. The summed E-state index contributed by atoms with van der Waals surface area (Å²) >= 11 is 0. The first-order valence-electron chi connectivity index (χ1n) is 10.7. The molecule has 0 aliphatic carbocycles. The highest BCUT2D eigenvalue weighted by atomic mass is 16.5. The first-order valence-corrected chi connectivity index (χ1v) is 10.7. The van der Waals surface area contributed by atoms with Crippen LogP contribution in [0.1, 0.15) is 0 Å². The number of ether oxygens (including phenoxy) is 1. The number of aromatic nitrogens is 3. The molecule has 5 heteroatoms. The number of para-hydroxylation sites is 3. The molecule has 6 aromatic rings. The van der Waals surface area contributed by atoms with Crippen molar-refractivity contribution in [2.45, 2.75) is 0 Å². The third-order valence-corrected chi connectivity index (χ3v) is 5.63. The van der Waals surface area contributed by atoms with Crippen LogP contribution in [0.5, 0.6) is 17.5 Å². The van der Waals surface area contributed by atoms with Crippen LogP contribution in [-0.2, 0) is 0 Å². The van der Waals surface area contributed by atoms with Crippen LogP contribution in [0.4, 0.5) is 0 Å². The molecule has 33 heavy (non-hydrogen) atoms. The molecule has 0 saturated heterocycles. The lowest BCUT2D eigenvalue weighted by Gasteiger charge is -2.10. The number of phenolic OH excluding ortho intramolecular Hbond substituents is 1. The molecule has 0 bridgehead atoms. The molecular formula is C28H19N3O2. The normalized spacial score (nSPS) is 11.2. The average molecular weight is 429 g/mol. The lowest BCUT2D eigenvalue weighted by Crippen LogP contribution is -1.99. The van der Waals surface area contributed by atoms with Crippen LogP contribution in [0.15, 0.2) is 109 Å². The Morgan fingerprint density at radius 2 is 1.18 bits per heavy atom. The monoisotopic (exact) mass is 429 g/mol. The van der Waals surface area contributed by atoms with E-state index in [2.05, 4.69) is 45.9 Å². The van der Waals surface area contributed by atoms with E-state index in [1.54, 1.807) is 18.2 Å². The zero-order valence-corrected chi connectivity index (χ0v) is 17.6. The quantitative estimate of drug-likeness (QED) is 0.337. The number of fused-ring (bicyclic) bond motifs is 3. The van der Waals surface area contributed by atoms with Gasteiger partial charge in [-0.3, -0.25) is 4.57 Å². The second-order valence-corrected chi connectivity index (χ2v) is 7.68. The van der Waals surface area contributed by atoms with Gasteiger partial charge in [-0.2, -0.15) is 4.98 Å². The fourth-order valence-corrected chi connectivity index (χ4v) is 4.17. The molecule has 158 valence electrons. The summed E-state index contributed by atoms with van der Waals surface area (Å²) in [6.07, 6.45) is 0. The van der Waals surface area contributed by atoms with Gasteiger partial charge < -0.3 is 9.84 Å². The third-order valence-electron chi connectivity index (χ3n) is 5.63. The van der Waals surface area contributed by atoms with Gasteiger partial charge in [-0.15, -0.1) is 0 Å². The molecule has 0 radical (unpaired) electrons. The minimum absolute atomic E-state index is 0.175. The molecule has 6 rings (SSSR count). The first-order chi connectivity index (χ1) is 16.3. The van der Waals surface area contributed by atoms with Crippen LogP contribution in [0.3, 0.4) is 0 Å². The second-order valence-electron chi connectivity index (χ2n) is 7.68. The molecule has 5 nitrogen and oxygen atoms in total. The van der Waals surface area contributed by atoms with Crippen LogP contribution in [0.25, 0.3) is 38.9 Å². The number of nitrogens with zero attached hydrogens (tertiary/aromatic N) is 3. The molecule has 0 atom stereocenters. The number of hydrogen-bond acceptors (Lipinski definition) is 4. The maximum atomic E-state index is 10.2. The molecule has 0 spiro atoms. The van der Waals surface area contributed by atoms with Gasteiger partial charge in [-0.25, -0.2) is 4.98 Å². The van der Waals surface area contributed by atoms with Gasteiger partial charge in [0.15, 0.2) is 0 Å². The smallest absolute Gasteiger partial charge is 0.223 e. The van der Waals surface area contributed by atoms with E-state index in [1.807, 2.05) is 54.6 Å². The van der Waals surface area contributed by atoms with Crippen molar-refractivity contribution < 1.29 is 9.84 Å². The summed E-state index contributed by atoms with van der Waals surface area (Å²) in [5.41, 5.74) is 3.45. The van der Waals surface area contributed by atoms with E-state index in [4.69, 9.17) is 9.72 Å². The third kappa shape index (κ3) is 3.36. The van der Waals surface area contributed by atoms with Gasteiger partial charge >= 0.3 is 0 Å². The van der Waals surface area contributed by atoms with Crippen LogP contribution >= 0.6 is 0 Å². The summed E-state index contributed by atoms with van der Waals surface area (Å²) in [6.45, 7) is 0. The Balaban J connectivity index is 1.41. The van der Waals surface area contributed by atoms with E-state index < -0.39 is 0 Å². The van der Waals surface area contributed by atoms with Crippen LogP contribution in [0.2, 0.25) is 0 Å². The number of phenols is 1. The highest BCUT2D eigenvalue weighted by Crippen LogP contribution is 2.32. The topological polar surface area (TPSA) is 60.2 Å². The molecule has 3 aromatic carbocycles. The maximum Gasteiger partial charge on any atom is 0.223 e. The lowest BCUT2D eigenvalue weighted by molar-refractivity contribution is 0.444. The molecule has 0 saturated carbocycles. The number of benzene rings is 3. The molecule has 0 unspecified atom stereocenters. The number of rotatable bonds is 4.